The summed E-state index contributed by atoms with van der Waals surface area (Å²) >= 11 is 0. The quantitative estimate of drug-likeness (QED) is 0.669. The Labute approximate surface area is 83.3 Å². The Morgan fingerprint density at radius 3 is 2.21 bits per heavy atom. The molecule has 0 saturated carbocycles. The number of hydrogen-bond donors (Lipinski definition) is 0. The molecule has 0 atom stereocenters. The molecule has 0 heterocycles. The van der Waals surface area contributed by atoms with Crippen LogP contribution in [-0.2, 0) is 4.79 Å². The Morgan fingerprint density at radius 1 is 1.14 bits per heavy atom. The van der Waals surface area contributed by atoms with Gasteiger partial charge in [-0.3, -0.25) is 9.59 Å². The van der Waals surface area contributed by atoms with Gasteiger partial charge in [0.05, 0.1) is 5.69 Å². The van der Waals surface area contributed by atoms with Gasteiger partial charge in [0.1, 0.15) is 0 Å². The van der Waals surface area contributed by atoms with Crippen LogP contribution in [0.5, 0.6) is 0 Å². The number of carbonyl (C=O) groups excluding carboxylic acids is 2. The molecule has 0 bridgehead atoms. The van der Waals surface area contributed by atoms with Crippen LogP contribution >= 0.6 is 0 Å². The molecular formula is C11H13NO2. The number of anilines is 1. The van der Waals surface area contributed by atoms with Crippen molar-refractivity contribution in [3.63, 3.8) is 0 Å². The van der Waals surface area contributed by atoms with Gasteiger partial charge in [-0.25, -0.2) is 0 Å². The molecule has 14 heavy (non-hydrogen) atoms. The van der Waals surface area contributed by atoms with Crippen LogP contribution in [0.15, 0.2) is 24.3 Å². The highest BCUT2D eigenvalue weighted by Gasteiger charge is 2.12. The van der Waals surface area contributed by atoms with Crippen LogP contribution < -0.4 is 4.90 Å². The molecule has 0 aliphatic rings. The van der Waals surface area contributed by atoms with Crippen molar-refractivity contribution in [1.29, 1.82) is 0 Å². The average molecular weight is 191 g/mol. The average Bonchev–Trinajstić information content (AvgIpc) is 2.16. The molecule has 1 amide bonds. The van der Waals surface area contributed by atoms with Gasteiger partial charge in [0, 0.05) is 19.5 Å². The van der Waals surface area contributed by atoms with E-state index in [2.05, 4.69) is 0 Å². The van der Waals surface area contributed by atoms with Crippen molar-refractivity contribution in [1.82, 2.24) is 0 Å². The number of rotatable bonds is 2. The predicted octanol–water partition coefficient (Wildman–Crippen LogP) is 1.87. The highest BCUT2D eigenvalue weighted by Crippen LogP contribution is 2.19. The molecule has 0 aromatic heterocycles. The van der Waals surface area contributed by atoms with Gasteiger partial charge in [-0.2, -0.15) is 0 Å². The fourth-order valence-corrected chi connectivity index (χ4v) is 1.23. The van der Waals surface area contributed by atoms with Gasteiger partial charge in [-0.05, 0) is 19.1 Å². The monoisotopic (exact) mass is 191 g/mol. The fourth-order valence-electron chi connectivity index (χ4n) is 1.23. The predicted molar refractivity (Wildman–Crippen MR) is 55.5 cm³/mol. The van der Waals surface area contributed by atoms with Crippen LogP contribution in [0, 0.1) is 0 Å². The smallest absolute Gasteiger partial charge is 0.223 e. The molecule has 0 fully saturated rings. The van der Waals surface area contributed by atoms with Crippen molar-refractivity contribution >= 4 is 17.4 Å². The zero-order chi connectivity index (χ0) is 10.7. The van der Waals surface area contributed by atoms with Crippen LogP contribution in [0.25, 0.3) is 0 Å². The second-order valence-corrected chi connectivity index (χ2v) is 3.15. The number of Topliss-reactive ketones (excluding diaryl/α,β-unsaturated/α-hetero) is 1. The van der Waals surface area contributed by atoms with Crippen molar-refractivity contribution in [2.75, 3.05) is 11.9 Å². The highest BCUT2D eigenvalue weighted by atomic mass is 16.2. The zero-order valence-electron chi connectivity index (χ0n) is 8.57. The van der Waals surface area contributed by atoms with Crippen LogP contribution in [0.3, 0.4) is 0 Å². The van der Waals surface area contributed by atoms with Crippen molar-refractivity contribution < 1.29 is 9.59 Å². The van der Waals surface area contributed by atoms with Gasteiger partial charge in [0.2, 0.25) is 5.91 Å². The molecule has 0 spiro atoms. The van der Waals surface area contributed by atoms with Crippen molar-refractivity contribution in [2.24, 2.45) is 0 Å². The summed E-state index contributed by atoms with van der Waals surface area (Å²) in [6, 6.07) is 7.07. The molecular weight excluding hydrogens is 178 g/mol. The summed E-state index contributed by atoms with van der Waals surface area (Å²) in [5.74, 6) is -0.118. The number of hydrogen-bond acceptors (Lipinski definition) is 2. The number of ketones is 1. The summed E-state index contributed by atoms with van der Waals surface area (Å²) in [6.07, 6.45) is 0. The summed E-state index contributed by atoms with van der Waals surface area (Å²) in [6.45, 7) is 2.96. The number of carbonyl (C=O) groups is 2. The second-order valence-electron chi connectivity index (χ2n) is 3.15. The minimum atomic E-state index is -0.0845. The van der Waals surface area contributed by atoms with E-state index in [-0.39, 0.29) is 11.7 Å². The number of amides is 1. The Bertz CT molecular complexity index is 371. The van der Waals surface area contributed by atoms with E-state index < -0.39 is 0 Å². The van der Waals surface area contributed by atoms with Crippen LogP contribution in [-0.4, -0.2) is 18.7 Å². The van der Waals surface area contributed by atoms with E-state index in [4.69, 9.17) is 0 Å². The van der Waals surface area contributed by atoms with Gasteiger partial charge in [0.15, 0.2) is 5.78 Å². The van der Waals surface area contributed by atoms with Gasteiger partial charge in [-0.15, -0.1) is 0 Å². The maximum Gasteiger partial charge on any atom is 0.223 e. The lowest BCUT2D eigenvalue weighted by molar-refractivity contribution is -0.116. The maximum atomic E-state index is 11.3. The zero-order valence-corrected chi connectivity index (χ0v) is 8.57. The van der Waals surface area contributed by atoms with Gasteiger partial charge in [0.25, 0.3) is 0 Å². The first-order chi connectivity index (χ1) is 6.54. The lowest BCUT2D eigenvalue weighted by Crippen LogP contribution is -2.24. The molecule has 3 nitrogen and oxygen atoms in total. The third kappa shape index (κ3) is 1.99. The van der Waals surface area contributed by atoms with Crippen molar-refractivity contribution in [3.8, 4) is 0 Å². The van der Waals surface area contributed by atoms with E-state index in [1.807, 2.05) is 0 Å². The fraction of sp³-hybridized carbons (Fsp3) is 0.273. The first kappa shape index (κ1) is 10.4. The molecule has 0 radical (unpaired) electrons. The highest BCUT2D eigenvalue weighted by molar-refractivity contribution is 6.03. The molecule has 0 saturated heterocycles. The minimum absolute atomic E-state index is 0.0336. The first-order valence-electron chi connectivity index (χ1n) is 4.38. The largest absolute Gasteiger partial charge is 0.315 e. The lowest BCUT2D eigenvalue weighted by atomic mass is 10.1. The molecule has 1 rings (SSSR count). The molecule has 1 aromatic rings. The van der Waals surface area contributed by atoms with Gasteiger partial charge in [-0.1, -0.05) is 12.1 Å². The number of benzene rings is 1. The standard InChI is InChI=1S/C11H13NO2/c1-8(13)10-6-4-5-7-11(10)12(3)9(2)14/h4-7H,1-3H3. The third-order valence-electron chi connectivity index (χ3n) is 2.12. The lowest BCUT2D eigenvalue weighted by Gasteiger charge is -2.17. The van der Waals surface area contributed by atoms with Crippen LogP contribution in [0.1, 0.15) is 24.2 Å². The molecule has 0 aliphatic heterocycles. The Morgan fingerprint density at radius 2 is 1.71 bits per heavy atom. The SMILES string of the molecule is CC(=O)c1ccccc1N(C)C(C)=O. The van der Waals surface area contributed by atoms with E-state index in [0.29, 0.717) is 11.3 Å². The molecule has 3 heteroatoms. The molecule has 1 aromatic carbocycles. The first-order valence-corrected chi connectivity index (χ1v) is 4.38. The van der Waals surface area contributed by atoms with Crippen LogP contribution in [0.4, 0.5) is 5.69 Å². The Hall–Kier alpha value is -1.64. The van der Waals surface area contributed by atoms with Crippen LogP contribution in [0.2, 0.25) is 0 Å². The molecule has 0 N–H and O–H groups in total. The van der Waals surface area contributed by atoms with E-state index in [0.717, 1.165) is 0 Å². The van der Waals surface area contributed by atoms with E-state index in [9.17, 15) is 9.59 Å². The van der Waals surface area contributed by atoms with Crippen molar-refractivity contribution in [3.05, 3.63) is 29.8 Å². The number of para-hydroxylation sites is 1. The van der Waals surface area contributed by atoms with E-state index >= 15 is 0 Å². The summed E-state index contributed by atoms with van der Waals surface area (Å²) < 4.78 is 0. The summed E-state index contributed by atoms with van der Waals surface area (Å²) in [7, 11) is 1.66. The number of nitrogens with zero attached hydrogens (tertiary/aromatic N) is 1. The molecule has 74 valence electrons. The summed E-state index contributed by atoms with van der Waals surface area (Å²) in [4.78, 5) is 23.9. The van der Waals surface area contributed by atoms with Gasteiger partial charge < -0.3 is 4.90 Å². The molecule has 0 aliphatic carbocycles. The minimum Gasteiger partial charge on any atom is -0.315 e. The summed E-state index contributed by atoms with van der Waals surface area (Å²) in [5, 5.41) is 0. The second kappa shape index (κ2) is 4.05. The maximum absolute atomic E-state index is 11.3. The van der Waals surface area contributed by atoms with Crippen molar-refractivity contribution in [2.45, 2.75) is 13.8 Å². The van der Waals surface area contributed by atoms with Gasteiger partial charge >= 0.3 is 0 Å². The Balaban J connectivity index is 3.19. The third-order valence-corrected chi connectivity index (χ3v) is 2.12. The Kier molecular flexibility index (Phi) is 3.02. The topological polar surface area (TPSA) is 37.4 Å². The normalized spacial score (nSPS) is 9.64. The van der Waals surface area contributed by atoms with E-state index in [1.165, 1.54) is 18.7 Å². The molecule has 0 unspecified atom stereocenters. The summed E-state index contributed by atoms with van der Waals surface area (Å²) in [5.41, 5.74) is 1.23. The van der Waals surface area contributed by atoms with E-state index in [1.54, 1.807) is 31.3 Å².